The van der Waals surface area contributed by atoms with Gasteiger partial charge < -0.3 is 5.32 Å². The second-order valence-corrected chi connectivity index (χ2v) is 5.82. The molecule has 0 fully saturated rings. The number of rotatable bonds is 3. The molecular formula is C12H14N4O2S. The maximum absolute atomic E-state index is 11.0. The van der Waals surface area contributed by atoms with E-state index in [1.807, 2.05) is 20.8 Å². The average molecular weight is 278 g/mol. The van der Waals surface area contributed by atoms with Gasteiger partial charge in [0.1, 0.15) is 0 Å². The molecule has 0 aliphatic rings. The largest absolute Gasteiger partial charge is 0.356 e. The second-order valence-electron chi connectivity index (χ2n) is 5.07. The van der Waals surface area contributed by atoms with Gasteiger partial charge in [-0.15, -0.1) is 0 Å². The Morgan fingerprint density at radius 3 is 2.63 bits per heavy atom. The van der Waals surface area contributed by atoms with Crippen molar-refractivity contribution in [3.05, 3.63) is 34.4 Å². The smallest absolute Gasteiger partial charge is 0.280 e. The molecule has 1 N–H and O–H groups in total. The number of nitro benzene ring substituents is 1. The molecule has 1 heterocycles. The molecule has 0 bridgehead atoms. The predicted octanol–water partition coefficient (Wildman–Crippen LogP) is 3.32. The molecule has 0 spiro atoms. The molecule has 0 atom stereocenters. The molecule has 6 nitrogen and oxygen atoms in total. The lowest BCUT2D eigenvalue weighted by Gasteiger charge is -2.18. The molecule has 2 rings (SSSR count). The fourth-order valence-corrected chi connectivity index (χ4v) is 2.32. The molecule has 0 radical (unpaired) electrons. The number of hydrogen-bond acceptors (Lipinski definition) is 6. The zero-order valence-electron chi connectivity index (χ0n) is 10.9. The fourth-order valence-electron chi connectivity index (χ4n) is 1.53. The minimum atomic E-state index is -0.423. The normalized spacial score (nSPS) is 11.3. The van der Waals surface area contributed by atoms with Crippen molar-refractivity contribution in [3.63, 3.8) is 0 Å². The molecule has 0 saturated carbocycles. The highest BCUT2D eigenvalue weighted by atomic mass is 32.1. The number of aromatic nitrogens is 2. The first-order valence-electron chi connectivity index (χ1n) is 5.72. The van der Waals surface area contributed by atoms with Gasteiger partial charge in [0.05, 0.1) is 10.5 Å². The van der Waals surface area contributed by atoms with Crippen molar-refractivity contribution in [2.45, 2.75) is 26.3 Å². The van der Waals surface area contributed by atoms with Gasteiger partial charge in [-0.2, -0.15) is 9.36 Å². The topological polar surface area (TPSA) is 81.0 Å². The summed E-state index contributed by atoms with van der Waals surface area (Å²) >= 11 is 1.20. The number of benzene rings is 1. The van der Waals surface area contributed by atoms with E-state index in [9.17, 15) is 10.1 Å². The summed E-state index contributed by atoms with van der Waals surface area (Å²) in [7, 11) is 0. The highest BCUT2D eigenvalue weighted by Crippen LogP contribution is 2.29. The number of hydrogen-bond donors (Lipinski definition) is 1. The summed E-state index contributed by atoms with van der Waals surface area (Å²) in [5, 5.41) is 14.8. The van der Waals surface area contributed by atoms with Crippen LogP contribution in [0.2, 0.25) is 0 Å². The van der Waals surface area contributed by atoms with Crippen molar-refractivity contribution in [2.75, 3.05) is 5.32 Å². The molecule has 19 heavy (non-hydrogen) atoms. The van der Waals surface area contributed by atoms with Gasteiger partial charge in [-0.25, -0.2) is 0 Å². The van der Waals surface area contributed by atoms with Crippen LogP contribution in [-0.2, 0) is 0 Å². The van der Waals surface area contributed by atoms with Gasteiger partial charge >= 0.3 is 0 Å². The second kappa shape index (κ2) is 4.93. The minimum Gasteiger partial charge on any atom is -0.356 e. The molecule has 0 aliphatic heterocycles. The van der Waals surface area contributed by atoms with Crippen LogP contribution in [0.5, 0.6) is 0 Å². The highest BCUT2D eigenvalue weighted by Gasteiger charge is 2.19. The van der Waals surface area contributed by atoms with Gasteiger partial charge in [0.2, 0.25) is 5.13 Å². The Morgan fingerprint density at radius 2 is 2.00 bits per heavy atom. The summed E-state index contributed by atoms with van der Waals surface area (Å²) in [6, 6.07) is 6.47. The van der Waals surface area contributed by atoms with E-state index in [1.165, 1.54) is 17.6 Å². The van der Waals surface area contributed by atoms with Crippen molar-refractivity contribution < 1.29 is 4.92 Å². The van der Waals surface area contributed by atoms with Crippen molar-refractivity contribution in [1.29, 1.82) is 0 Å². The summed E-state index contributed by atoms with van der Waals surface area (Å²) in [5.74, 6) is 0.379. The van der Waals surface area contributed by atoms with Crippen LogP contribution in [0.3, 0.4) is 0 Å². The highest BCUT2D eigenvalue weighted by molar-refractivity contribution is 7.09. The van der Waals surface area contributed by atoms with Crippen molar-refractivity contribution in [1.82, 2.24) is 9.36 Å². The van der Waals surface area contributed by atoms with Crippen molar-refractivity contribution in [2.24, 2.45) is 0 Å². The molecule has 0 aliphatic carbocycles. The number of nitrogens with one attached hydrogen (secondary N) is 1. The minimum absolute atomic E-state index is 0.0163. The summed E-state index contributed by atoms with van der Waals surface area (Å²) in [5.41, 5.74) is 0.327. The lowest BCUT2D eigenvalue weighted by atomic mass is 10.1. The van der Waals surface area contributed by atoms with Crippen LogP contribution < -0.4 is 5.32 Å². The molecule has 0 amide bonds. The van der Waals surface area contributed by atoms with E-state index < -0.39 is 4.92 Å². The summed E-state index contributed by atoms with van der Waals surface area (Å²) < 4.78 is 4.18. The van der Waals surface area contributed by atoms with Gasteiger partial charge in [0, 0.05) is 23.1 Å². The van der Waals surface area contributed by atoms with Crippen LogP contribution >= 0.6 is 11.5 Å². The van der Waals surface area contributed by atoms with E-state index in [-0.39, 0.29) is 11.2 Å². The summed E-state index contributed by atoms with van der Waals surface area (Å²) in [4.78, 5) is 14.8. The van der Waals surface area contributed by atoms with Crippen LogP contribution in [0.4, 0.5) is 10.8 Å². The monoisotopic (exact) mass is 278 g/mol. The first-order valence-corrected chi connectivity index (χ1v) is 6.50. The average Bonchev–Trinajstić information content (AvgIpc) is 2.75. The van der Waals surface area contributed by atoms with Gasteiger partial charge in [-0.3, -0.25) is 10.1 Å². The van der Waals surface area contributed by atoms with E-state index in [0.29, 0.717) is 16.5 Å². The van der Waals surface area contributed by atoms with Crippen LogP contribution in [0.1, 0.15) is 20.8 Å². The zero-order chi connectivity index (χ0) is 14.0. The third-order valence-electron chi connectivity index (χ3n) is 2.25. The van der Waals surface area contributed by atoms with Crippen LogP contribution in [0.15, 0.2) is 24.3 Å². The molecule has 0 unspecified atom stereocenters. The number of nitrogens with zero attached hydrogens (tertiary/aromatic N) is 3. The number of para-hydroxylation sites is 1. The molecule has 2 aromatic rings. The molecule has 100 valence electrons. The Bertz CT molecular complexity index is 604. The van der Waals surface area contributed by atoms with Gasteiger partial charge in [-0.1, -0.05) is 12.1 Å². The number of anilines is 1. The standard InChI is InChI=1S/C12H14N4O2S/c1-12(2,3)14-11-13-10(15-19-11)8-6-4-5-7-9(8)16(17)18/h4-7H,1-3H3,(H,13,14,15). The molecule has 1 aromatic carbocycles. The first-order chi connectivity index (χ1) is 8.87. The maximum Gasteiger partial charge on any atom is 0.280 e. The fraction of sp³-hybridized carbons (Fsp3) is 0.333. The third-order valence-corrected chi connectivity index (χ3v) is 2.88. The van der Waals surface area contributed by atoms with Gasteiger partial charge in [0.25, 0.3) is 5.69 Å². The molecule has 7 heteroatoms. The van der Waals surface area contributed by atoms with E-state index in [4.69, 9.17) is 0 Å². The molecule has 1 aromatic heterocycles. The lowest BCUT2D eigenvalue weighted by molar-refractivity contribution is -0.384. The Balaban J connectivity index is 2.36. The first kappa shape index (κ1) is 13.4. The van der Waals surface area contributed by atoms with E-state index in [2.05, 4.69) is 14.7 Å². The Morgan fingerprint density at radius 1 is 1.32 bits per heavy atom. The van der Waals surface area contributed by atoms with Gasteiger partial charge in [-0.05, 0) is 26.8 Å². The Kier molecular flexibility index (Phi) is 3.48. The summed E-state index contributed by atoms with van der Waals surface area (Å²) in [6.45, 7) is 6.04. The van der Waals surface area contributed by atoms with Gasteiger partial charge in [0.15, 0.2) is 5.82 Å². The van der Waals surface area contributed by atoms with E-state index in [1.54, 1.807) is 18.2 Å². The Hall–Kier alpha value is -2.02. The SMILES string of the molecule is CC(C)(C)Nc1nc(-c2ccccc2[N+](=O)[O-])ns1. The lowest BCUT2D eigenvalue weighted by Crippen LogP contribution is -2.25. The van der Waals surface area contributed by atoms with Crippen LogP contribution in [0, 0.1) is 10.1 Å². The van der Waals surface area contributed by atoms with Crippen molar-refractivity contribution >= 4 is 22.4 Å². The summed E-state index contributed by atoms with van der Waals surface area (Å²) in [6.07, 6.45) is 0. The maximum atomic E-state index is 11.0. The van der Waals surface area contributed by atoms with Crippen LogP contribution in [0.25, 0.3) is 11.4 Å². The Labute approximate surface area is 114 Å². The third kappa shape index (κ3) is 3.25. The van der Waals surface area contributed by atoms with E-state index >= 15 is 0 Å². The predicted molar refractivity (Wildman–Crippen MR) is 75.4 cm³/mol. The number of nitro groups is 1. The molecule has 0 saturated heterocycles. The molecular weight excluding hydrogens is 264 g/mol. The zero-order valence-corrected chi connectivity index (χ0v) is 11.7. The van der Waals surface area contributed by atoms with Crippen LogP contribution in [-0.4, -0.2) is 19.8 Å². The quantitative estimate of drug-likeness (QED) is 0.688. The van der Waals surface area contributed by atoms with Crippen molar-refractivity contribution in [3.8, 4) is 11.4 Å². The van der Waals surface area contributed by atoms with E-state index in [0.717, 1.165) is 0 Å².